The number of carbonyl (C=O) groups is 2. The molecule has 0 aromatic heterocycles. The number of carboxylic acid groups (broad SMARTS) is 1. The molecule has 3 rings (SSSR count). The fourth-order valence-corrected chi connectivity index (χ4v) is 3.88. The molecule has 2 aliphatic heterocycles. The van der Waals surface area contributed by atoms with Crippen molar-refractivity contribution >= 4 is 12.1 Å². The van der Waals surface area contributed by atoms with Gasteiger partial charge in [0.2, 0.25) is 0 Å². The molecular weight excluding hydrogens is 296 g/mol. The van der Waals surface area contributed by atoms with E-state index in [1.54, 1.807) is 7.05 Å². The molecule has 6 heteroatoms. The van der Waals surface area contributed by atoms with Crippen molar-refractivity contribution in [2.45, 2.75) is 37.5 Å². The van der Waals surface area contributed by atoms with Gasteiger partial charge in [0.25, 0.3) is 0 Å². The van der Waals surface area contributed by atoms with Gasteiger partial charge in [-0.05, 0) is 31.4 Å². The number of carbonyl (C=O) groups excluding carboxylic acids is 1. The van der Waals surface area contributed by atoms with Gasteiger partial charge in [0.1, 0.15) is 6.61 Å². The number of ether oxygens (including phenoxy) is 1. The lowest BCUT2D eigenvalue weighted by molar-refractivity contribution is -0.151. The Bertz CT molecular complexity index is 592. The normalized spacial score (nSPS) is 26.7. The number of aliphatic carboxylic acids is 1. The van der Waals surface area contributed by atoms with Crippen molar-refractivity contribution in [3.8, 4) is 0 Å². The number of likely N-dealkylation sites (N-methyl/N-ethyl adjacent to an activating group) is 1. The maximum Gasteiger partial charge on any atom is 0.410 e. The van der Waals surface area contributed by atoms with Gasteiger partial charge >= 0.3 is 12.1 Å². The van der Waals surface area contributed by atoms with Gasteiger partial charge in [0.05, 0.1) is 0 Å². The molecule has 124 valence electrons. The van der Waals surface area contributed by atoms with E-state index in [2.05, 4.69) is 4.90 Å². The zero-order valence-electron chi connectivity index (χ0n) is 13.3. The first-order valence-electron chi connectivity index (χ1n) is 7.97. The lowest BCUT2D eigenvalue weighted by Gasteiger charge is -2.38. The minimum absolute atomic E-state index is 0.116. The molecule has 1 aromatic rings. The molecule has 2 unspecified atom stereocenters. The first-order valence-corrected chi connectivity index (χ1v) is 7.97. The quantitative estimate of drug-likeness (QED) is 0.919. The molecule has 1 N–H and O–H groups in total. The van der Waals surface area contributed by atoms with Crippen LogP contribution in [-0.4, -0.2) is 58.7 Å². The molecule has 1 amide bonds. The molecule has 1 aromatic carbocycles. The lowest BCUT2D eigenvalue weighted by atomic mass is 9.87. The highest BCUT2D eigenvalue weighted by atomic mass is 16.6. The Kier molecular flexibility index (Phi) is 4.26. The van der Waals surface area contributed by atoms with Gasteiger partial charge in [-0.1, -0.05) is 30.3 Å². The van der Waals surface area contributed by atoms with E-state index in [-0.39, 0.29) is 12.6 Å². The van der Waals surface area contributed by atoms with Crippen LogP contribution in [-0.2, 0) is 16.1 Å². The highest BCUT2D eigenvalue weighted by Gasteiger charge is 2.58. The van der Waals surface area contributed by atoms with Crippen LogP contribution in [0.2, 0.25) is 0 Å². The number of carboxylic acids is 1. The Morgan fingerprint density at radius 1 is 1.35 bits per heavy atom. The van der Waals surface area contributed by atoms with Gasteiger partial charge in [-0.2, -0.15) is 0 Å². The monoisotopic (exact) mass is 318 g/mol. The highest BCUT2D eigenvalue weighted by Crippen LogP contribution is 2.40. The van der Waals surface area contributed by atoms with E-state index < -0.39 is 17.6 Å². The van der Waals surface area contributed by atoms with E-state index in [9.17, 15) is 14.7 Å². The van der Waals surface area contributed by atoms with Gasteiger partial charge in [-0.25, -0.2) is 9.59 Å². The van der Waals surface area contributed by atoms with Crippen molar-refractivity contribution in [2.24, 2.45) is 0 Å². The summed E-state index contributed by atoms with van der Waals surface area (Å²) in [7, 11) is 1.54. The van der Waals surface area contributed by atoms with Crippen LogP contribution in [0.1, 0.15) is 24.8 Å². The fourth-order valence-electron chi connectivity index (χ4n) is 3.88. The van der Waals surface area contributed by atoms with Crippen molar-refractivity contribution in [3.05, 3.63) is 35.9 Å². The van der Waals surface area contributed by atoms with Crippen LogP contribution in [0.25, 0.3) is 0 Å². The molecule has 0 saturated carbocycles. The van der Waals surface area contributed by atoms with Crippen molar-refractivity contribution < 1.29 is 19.4 Å². The van der Waals surface area contributed by atoms with Gasteiger partial charge in [-0.3, -0.25) is 9.80 Å². The Hall–Kier alpha value is -2.08. The molecule has 2 atom stereocenters. The molecular formula is C17H22N2O4. The van der Waals surface area contributed by atoms with Crippen LogP contribution in [0.4, 0.5) is 4.79 Å². The summed E-state index contributed by atoms with van der Waals surface area (Å²) in [6.07, 6.45) is 1.66. The van der Waals surface area contributed by atoms with Crippen molar-refractivity contribution in [1.29, 1.82) is 0 Å². The van der Waals surface area contributed by atoms with E-state index in [1.165, 1.54) is 4.90 Å². The van der Waals surface area contributed by atoms with E-state index in [1.807, 2.05) is 30.3 Å². The van der Waals surface area contributed by atoms with Gasteiger partial charge in [-0.15, -0.1) is 0 Å². The summed E-state index contributed by atoms with van der Waals surface area (Å²) in [4.78, 5) is 27.9. The minimum Gasteiger partial charge on any atom is -0.479 e. The first kappa shape index (κ1) is 15.8. The third-order valence-electron chi connectivity index (χ3n) is 5.14. The standard InChI is InChI=1S/C17H22N2O4/c1-18(16(22)23-12-13-6-3-2-4-7-13)17(15(20)21)9-11-19-10-5-8-14(17)19/h2-4,6-7,14H,5,8-12H2,1H3,(H,20,21). The molecule has 23 heavy (non-hydrogen) atoms. The van der Waals surface area contributed by atoms with E-state index >= 15 is 0 Å². The largest absolute Gasteiger partial charge is 0.479 e. The summed E-state index contributed by atoms with van der Waals surface area (Å²) < 4.78 is 5.33. The Morgan fingerprint density at radius 3 is 2.78 bits per heavy atom. The topological polar surface area (TPSA) is 70.1 Å². The maximum atomic E-state index is 12.4. The number of fused-ring (bicyclic) bond motifs is 1. The summed E-state index contributed by atoms with van der Waals surface area (Å²) >= 11 is 0. The molecule has 6 nitrogen and oxygen atoms in total. The number of nitrogens with zero attached hydrogens (tertiary/aromatic N) is 2. The smallest absolute Gasteiger partial charge is 0.410 e. The Labute approximate surface area is 135 Å². The third kappa shape index (κ3) is 2.67. The van der Waals surface area contributed by atoms with Crippen molar-refractivity contribution in [1.82, 2.24) is 9.80 Å². The van der Waals surface area contributed by atoms with Crippen LogP contribution in [0.3, 0.4) is 0 Å². The molecule has 2 heterocycles. The Balaban J connectivity index is 1.72. The van der Waals surface area contributed by atoms with Crippen molar-refractivity contribution in [3.63, 3.8) is 0 Å². The second-order valence-corrected chi connectivity index (χ2v) is 6.27. The summed E-state index contributed by atoms with van der Waals surface area (Å²) in [5.74, 6) is -0.939. The molecule has 0 aliphatic carbocycles. The predicted octanol–water partition coefficient (Wildman–Crippen LogP) is 1.95. The maximum absolute atomic E-state index is 12.4. The summed E-state index contributed by atoms with van der Waals surface area (Å²) in [5, 5.41) is 9.84. The number of benzene rings is 1. The van der Waals surface area contributed by atoms with Crippen LogP contribution in [0, 0.1) is 0 Å². The van der Waals surface area contributed by atoms with Gasteiger partial charge < -0.3 is 9.84 Å². The van der Waals surface area contributed by atoms with Crippen molar-refractivity contribution in [2.75, 3.05) is 20.1 Å². The third-order valence-corrected chi connectivity index (χ3v) is 5.14. The molecule has 2 saturated heterocycles. The van der Waals surface area contributed by atoms with E-state index in [0.29, 0.717) is 13.0 Å². The van der Waals surface area contributed by atoms with Crippen LogP contribution in [0.5, 0.6) is 0 Å². The average molecular weight is 318 g/mol. The summed E-state index contributed by atoms with van der Waals surface area (Å²) in [6.45, 7) is 1.77. The number of rotatable bonds is 4. The predicted molar refractivity (Wildman–Crippen MR) is 84.0 cm³/mol. The zero-order valence-corrected chi connectivity index (χ0v) is 13.3. The van der Waals surface area contributed by atoms with Gasteiger partial charge in [0, 0.05) is 19.6 Å². The minimum atomic E-state index is -1.18. The zero-order chi connectivity index (χ0) is 16.4. The lowest BCUT2D eigenvalue weighted by Crippen LogP contribution is -2.61. The SMILES string of the molecule is CN(C(=O)OCc1ccccc1)C1(C(=O)O)CCN2CCCC21. The van der Waals surface area contributed by atoms with Crippen LogP contribution >= 0.6 is 0 Å². The molecule has 0 bridgehead atoms. The number of hydrogen-bond acceptors (Lipinski definition) is 4. The first-order chi connectivity index (χ1) is 11.1. The van der Waals surface area contributed by atoms with E-state index in [4.69, 9.17) is 4.74 Å². The summed E-state index contributed by atoms with van der Waals surface area (Å²) in [5.41, 5.74) is -0.294. The summed E-state index contributed by atoms with van der Waals surface area (Å²) in [6, 6.07) is 9.26. The molecule has 0 radical (unpaired) electrons. The molecule has 2 aliphatic rings. The average Bonchev–Trinajstić information content (AvgIpc) is 3.15. The van der Waals surface area contributed by atoms with Gasteiger partial charge in [0.15, 0.2) is 5.54 Å². The molecule has 0 spiro atoms. The second kappa shape index (κ2) is 6.20. The van der Waals surface area contributed by atoms with Crippen LogP contribution < -0.4 is 0 Å². The highest BCUT2D eigenvalue weighted by molar-refractivity contribution is 5.86. The van der Waals surface area contributed by atoms with Crippen LogP contribution in [0.15, 0.2) is 30.3 Å². The molecule has 2 fully saturated rings. The number of amides is 1. The van der Waals surface area contributed by atoms with E-state index in [0.717, 1.165) is 24.9 Å². The Morgan fingerprint density at radius 2 is 2.09 bits per heavy atom. The number of hydrogen-bond donors (Lipinski definition) is 1. The second-order valence-electron chi connectivity index (χ2n) is 6.27. The fraction of sp³-hybridized carbons (Fsp3) is 0.529.